The van der Waals surface area contributed by atoms with Crippen molar-refractivity contribution >= 4 is 31.6 Å². The number of para-hydroxylation sites is 1. The Morgan fingerprint density at radius 3 is 2.54 bits per heavy atom. The zero-order valence-corrected chi connectivity index (χ0v) is 15.4. The van der Waals surface area contributed by atoms with Crippen LogP contribution in [0, 0.1) is 19.3 Å². The van der Waals surface area contributed by atoms with Gasteiger partial charge in [-0.25, -0.2) is 12.7 Å². The van der Waals surface area contributed by atoms with E-state index in [-0.39, 0.29) is 16.3 Å². The SMILES string of the molecule is C#CCOC1C(Br)c2ccccc2N1S(=O)(=O)c1ccc(C)cc1. The molecule has 0 fully saturated rings. The molecule has 1 heterocycles. The number of terminal acetylenes is 1. The van der Waals surface area contributed by atoms with Crippen LogP contribution in [0.5, 0.6) is 0 Å². The minimum atomic E-state index is -3.77. The minimum Gasteiger partial charge on any atom is -0.343 e. The van der Waals surface area contributed by atoms with E-state index in [0.717, 1.165) is 11.1 Å². The lowest BCUT2D eigenvalue weighted by molar-refractivity contribution is 0.0924. The zero-order chi connectivity index (χ0) is 17.3. The van der Waals surface area contributed by atoms with Crippen LogP contribution in [-0.4, -0.2) is 21.3 Å². The monoisotopic (exact) mass is 405 g/mol. The molecule has 2 unspecified atom stereocenters. The van der Waals surface area contributed by atoms with Crippen molar-refractivity contribution in [1.82, 2.24) is 0 Å². The van der Waals surface area contributed by atoms with E-state index >= 15 is 0 Å². The number of hydrogen-bond donors (Lipinski definition) is 0. The molecule has 4 nitrogen and oxygen atoms in total. The van der Waals surface area contributed by atoms with Gasteiger partial charge in [0.2, 0.25) is 0 Å². The van der Waals surface area contributed by atoms with Crippen molar-refractivity contribution in [2.75, 3.05) is 10.9 Å². The van der Waals surface area contributed by atoms with E-state index in [1.165, 1.54) is 4.31 Å². The number of halogens is 1. The fourth-order valence-electron chi connectivity index (χ4n) is 2.71. The molecule has 0 bridgehead atoms. The van der Waals surface area contributed by atoms with E-state index in [9.17, 15) is 8.42 Å². The Balaban J connectivity index is 2.11. The summed E-state index contributed by atoms with van der Waals surface area (Å²) < 4.78 is 33.4. The van der Waals surface area contributed by atoms with Crippen LogP contribution < -0.4 is 4.31 Å². The first-order valence-corrected chi connectivity index (χ1v) is 9.71. The number of benzene rings is 2. The number of hydrogen-bond acceptors (Lipinski definition) is 3. The van der Waals surface area contributed by atoms with Crippen LogP contribution >= 0.6 is 15.9 Å². The Bertz CT molecular complexity index is 887. The zero-order valence-electron chi connectivity index (χ0n) is 13.0. The van der Waals surface area contributed by atoms with Gasteiger partial charge in [0.25, 0.3) is 10.0 Å². The van der Waals surface area contributed by atoms with Crippen LogP contribution in [0.3, 0.4) is 0 Å². The number of rotatable bonds is 4. The van der Waals surface area contributed by atoms with Gasteiger partial charge in [0.05, 0.1) is 15.4 Å². The van der Waals surface area contributed by atoms with E-state index < -0.39 is 16.3 Å². The van der Waals surface area contributed by atoms with Crippen LogP contribution in [-0.2, 0) is 14.8 Å². The number of anilines is 1. The molecular formula is C18H16BrNO3S. The molecule has 0 aliphatic carbocycles. The van der Waals surface area contributed by atoms with Crippen molar-refractivity contribution in [3.63, 3.8) is 0 Å². The van der Waals surface area contributed by atoms with Crippen molar-refractivity contribution in [2.24, 2.45) is 0 Å². The minimum absolute atomic E-state index is 0.0284. The standard InChI is InChI=1S/C18H16BrNO3S/c1-3-12-23-18-17(19)15-6-4-5-7-16(15)20(18)24(21,22)14-10-8-13(2)9-11-14/h1,4-11,17-18H,12H2,2H3. The highest BCUT2D eigenvalue weighted by molar-refractivity contribution is 9.09. The number of sulfonamides is 1. The molecule has 2 aromatic carbocycles. The van der Waals surface area contributed by atoms with Crippen LogP contribution in [0.2, 0.25) is 0 Å². The largest absolute Gasteiger partial charge is 0.343 e. The summed E-state index contributed by atoms with van der Waals surface area (Å²) >= 11 is 3.55. The highest BCUT2D eigenvalue weighted by atomic mass is 79.9. The maximum Gasteiger partial charge on any atom is 0.266 e. The second kappa shape index (κ2) is 6.60. The van der Waals surface area contributed by atoms with Gasteiger partial charge in [-0.1, -0.05) is 57.7 Å². The fourth-order valence-corrected chi connectivity index (χ4v) is 5.23. The van der Waals surface area contributed by atoms with Gasteiger partial charge in [0.15, 0.2) is 6.23 Å². The molecule has 1 aliphatic heterocycles. The smallest absolute Gasteiger partial charge is 0.266 e. The average Bonchev–Trinajstić information content (AvgIpc) is 2.86. The Kier molecular flexibility index (Phi) is 4.68. The molecule has 124 valence electrons. The summed E-state index contributed by atoms with van der Waals surface area (Å²) in [5, 5.41) is 0. The lowest BCUT2D eigenvalue weighted by Gasteiger charge is -2.27. The molecule has 2 aromatic rings. The maximum atomic E-state index is 13.2. The third-order valence-electron chi connectivity index (χ3n) is 3.87. The summed E-state index contributed by atoms with van der Waals surface area (Å²) in [6.07, 6.45) is 4.55. The van der Waals surface area contributed by atoms with Crippen molar-refractivity contribution in [3.05, 3.63) is 59.7 Å². The molecule has 6 heteroatoms. The van der Waals surface area contributed by atoms with E-state index in [1.54, 1.807) is 36.4 Å². The Hall–Kier alpha value is -1.81. The molecule has 2 atom stereocenters. The molecule has 24 heavy (non-hydrogen) atoms. The van der Waals surface area contributed by atoms with E-state index in [4.69, 9.17) is 11.2 Å². The summed E-state index contributed by atoms with van der Waals surface area (Å²) in [6.45, 7) is 1.94. The Labute approximate surface area is 150 Å². The number of ether oxygens (including phenoxy) is 1. The topological polar surface area (TPSA) is 46.6 Å². The van der Waals surface area contributed by atoms with Gasteiger partial charge in [-0.2, -0.15) is 0 Å². The lowest BCUT2D eigenvalue weighted by atomic mass is 10.2. The quantitative estimate of drug-likeness (QED) is 0.576. The molecule has 0 amide bonds. The second-order valence-corrected chi connectivity index (χ2v) is 8.28. The first-order chi connectivity index (χ1) is 11.5. The highest BCUT2D eigenvalue weighted by Gasteiger charge is 2.44. The van der Waals surface area contributed by atoms with Crippen LogP contribution in [0.1, 0.15) is 16.0 Å². The molecular weight excluding hydrogens is 390 g/mol. The van der Waals surface area contributed by atoms with Gasteiger partial charge in [0.1, 0.15) is 6.61 Å². The first kappa shape index (κ1) is 17.0. The summed E-state index contributed by atoms with van der Waals surface area (Å²) in [6, 6.07) is 14.1. The van der Waals surface area contributed by atoms with Gasteiger partial charge in [-0.15, -0.1) is 6.42 Å². The highest BCUT2D eigenvalue weighted by Crippen LogP contribution is 2.47. The van der Waals surface area contributed by atoms with E-state index in [2.05, 4.69) is 21.9 Å². The molecule has 0 N–H and O–H groups in total. The molecule has 0 radical (unpaired) electrons. The number of alkyl halides is 1. The van der Waals surface area contributed by atoms with E-state index in [0.29, 0.717) is 5.69 Å². The van der Waals surface area contributed by atoms with Crippen LogP contribution in [0.4, 0.5) is 5.69 Å². The van der Waals surface area contributed by atoms with Crippen molar-refractivity contribution in [1.29, 1.82) is 0 Å². The molecule has 0 saturated carbocycles. The Morgan fingerprint density at radius 2 is 1.88 bits per heavy atom. The van der Waals surface area contributed by atoms with Gasteiger partial charge in [0, 0.05) is 0 Å². The van der Waals surface area contributed by atoms with Gasteiger partial charge >= 0.3 is 0 Å². The van der Waals surface area contributed by atoms with Gasteiger partial charge in [-0.3, -0.25) is 0 Å². The van der Waals surface area contributed by atoms with Crippen LogP contribution in [0.15, 0.2) is 53.4 Å². The number of nitrogens with zero attached hydrogens (tertiary/aromatic N) is 1. The molecule has 0 spiro atoms. The predicted molar refractivity (Wildman–Crippen MR) is 97.5 cm³/mol. The normalized spacial score (nSPS) is 19.8. The summed E-state index contributed by atoms with van der Waals surface area (Å²) in [7, 11) is -3.77. The Morgan fingerprint density at radius 1 is 1.21 bits per heavy atom. The van der Waals surface area contributed by atoms with Crippen molar-refractivity contribution in [2.45, 2.75) is 22.9 Å². The fraction of sp³-hybridized carbons (Fsp3) is 0.222. The third kappa shape index (κ3) is 2.84. The molecule has 3 rings (SSSR count). The molecule has 0 saturated heterocycles. The van der Waals surface area contributed by atoms with Gasteiger partial charge < -0.3 is 4.74 Å². The summed E-state index contributed by atoms with van der Waals surface area (Å²) in [5.74, 6) is 2.40. The van der Waals surface area contributed by atoms with Crippen LogP contribution in [0.25, 0.3) is 0 Å². The lowest BCUT2D eigenvalue weighted by Crippen LogP contribution is -2.40. The van der Waals surface area contributed by atoms with Crippen molar-refractivity contribution < 1.29 is 13.2 Å². The second-order valence-electron chi connectivity index (χ2n) is 5.48. The predicted octanol–water partition coefficient (Wildman–Crippen LogP) is 3.62. The number of aryl methyl sites for hydroxylation is 1. The third-order valence-corrected chi connectivity index (χ3v) is 6.60. The van der Waals surface area contributed by atoms with Crippen molar-refractivity contribution in [3.8, 4) is 12.3 Å². The molecule has 1 aliphatic rings. The number of fused-ring (bicyclic) bond motifs is 1. The summed E-state index contributed by atoms with van der Waals surface area (Å²) in [4.78, 5) is -0.0684. The van der Waals surface area contributed by atoms with Gasteiger partial charge in [-0.05, 0) is 30.7 Å². The first-order valence-electron chi connectivity index (χ1n) is 7.36. The summed E-state index contributed by atoms with van der Waals surface area (Å²) in [5.41, 5.74) is 2.45. The maximum absolute atomic E-state index is 13.2. The molecule has 0 aromatic heterocycles. The van der Waals surface area contributed by atoms with E-state index in [1.807, 2.05) is 19.1 Å². The average molecular weight is 406 g/mol.